The molecule has 1 fully saturated rings. The van der Waals surface area contributed by atoms with Crippen LogP contribution in [0.25, 0.3) is 0 Å². The SMILES string of the molecule is COc1nc(N[C@@H]2CCC[C@H](N3Cc4ccc([N+](=O)[O-])cc4C3=O)C2)ncc1C#N. The van der Waals surface area contributed by atoms with Crippen molar-refractivity contribution in [2.45, 2.75) is 44.3 Å². The summed E-state index contributed by atoms with van der Waals surface area (Å²) in [5.74, 6) is 0.438. The highest BCUT2D eigenvalue weighted by molar-refractivity contribution is 5.99. The minimum atomic E-state index is -0.483. The summed E-state index contributed by atoms with van der Waals surface area (Å²) in [6, 6.07) is 6.54. The van der Waals surface area contributed by atoms with E-state index in [0.717, 1.165) is 24.8 Å². The lowest BCUT2D eigenvalue weighted by Crippen LogP contribution is -2.42. The zero-order chi connectivity index (χ0) is 21.3. The molecule has 10 heteroatoms. The average molecular weight is 408 g/mol. The van der Waals surface area contributed by atoms with Crippen LogP contribution in [0.15, 0.2) is 24.4 Å². The summed E-state index contributed by atoms with van der Waals surface area (Å²) in [6.45, 7) is 0.463. The molecule has 30 heavy (non-hydrogen) atoms. The number of anilines is 1. The van der Waals surface area contributed by atoms with E-state index in [2.05, 4.69) is 15.3 Å². The van der Waals surface area contributed by atoms with E-state index in [1.54, 1.807) is 6.07 Å². The summed E-state index contributed by atoms with van der Waals surface area (Å²) in [4.78, 5) is 33.7. The van der Waals surface area contributed by atoms with Crippen molar-refractivity contribution in [3.63, 3.8) is 0 Å². The van der Waals surface area contributed by atoms with Crippen LogP contribution in [0.4, 0.5) is 11.6 Å². The van der Waals surface area contributed by atoms with Gasteiger partial charge in [0.2, 0.25) is 11.8 Å². The second-order valence-corrected chi connectivity index (χ2v) is 7.42. The van der Waals surface area contributed by atoms with Gasteiger partial charge in [-0.15, -0.1) is 0 Å². The second-order valence-electron chi connectivity index (χ2n) is 7.42. The number of rotatable bonds is 5. The number of amides is 1. The normalized spacial score (nSPS) is 20.4. The van der Waals surface area contributed by atoms with Gasteiger partial charge < -0.3 is 15.0 Å². The van der Waals surface area contributed by atoms with Crippen LogP contribution >= 0.6 is 0 Å². The Balaban J connectivity index is 1.46. The summed E-state index contributed by atoms with van der Waals surface area (Å²) >= 11 is 0. The minimum Gasteiger partial charge on any atom is -0.480 e. The molecule has 1 aliphatic carbocycles. The first-order chi connectivity index (χ1) is 14.5. The van der Waals surface area contributed by atoms with Crippen molar-refractivity contribution >= 4 is 17.5 Å². The largest absolute Gasteiger partial charge is 0.480 e. The van der Waals surface area contributed by atoms with Crippen molar-refractivity contribution in [2.75, 3.05) is 12.4 Å². The van der Waals surface area contributed by atoms with Crippen molar-refractivity contribution in [3.8, 4) is 11.9 Å². The first-order valence-electron chi connectivity index (χ1n) is 9.66. The Bertz CT molecular complexity index is 1050. The third kappa shape index (κ3) is 3.61. The Morgan fingerprint density at radius 3 is 2.97 bits per heavy atom. The maximum Gasteiger partial charge on any atom is 0.270 e. The van der Waals surface area contributed by atoms with Gasteiger partial charge in [0.15, 0.2) is 0 Å². The van der Waals surface area contributed by atoms with E-state index in [9.17, 15) is 14.9 Å². The smallest absolute Gasteiger partial charge is 0.270 e. The van der Waals surface area contributed by atoms with Crippen molar-refractivity contribution in [2.24, 2.45) is 0 Å². The molecule has 0 bridgehead atoms. The van der Waals surface area contributed by atoms with Gasteiger partial charge >= 0.3 is 0 Å². The molecule has 2 heterocycles. The first-order valence-corrected chi connectivity index (χ1v) is 9.66. The van der Waals surface area contributed by atoms with Crippen LogP contribution in [0.1, 0.15) is 47.2 Å². The maximum atomic E-state index is 12.9. The number of ether oxygens (including phenoxy) is 1. The van der Waals surface area contributed by atoms with Crippen molar-refractivity contribution in [1.29, 1.82) is 5.26 Å². The highest BCUT2D eigenvalue weighted by atomic mass is 16.6. The maximum absolute atomic E-state index is 12.9. The number of carbonyl (C=O) groups excluding carboxylic acids is 1. The molecule has 10 nitrogen and oxygen atoms in total. The first kappa shape index (κ1) is 19.6. The predicted molar refractivity (Wildman–Crippen MR) is 106 cm³/mol. The molecule has 2 aliphatic rings. The molecule has 1 saturated carbocycles. The Morgan fingerprint density at radius 1 is 1.40 bits per heavy atom. The van der Waals surface area contributed by atoms with Gasteiger partial charge in [0, 0.05) is 30.8 Å². The zero-order valence-electron chi connectivity index (χ0n) is 16.4. The van der Waals surface area contributed by atoms with Crippen LogP contribution in [0, 0.1) is 21.4 Å². The van der Waals surface area contributed by atoms with E-state index in [1.165, 1.54) is 25.4 Å². The fourth-order valence-corrected chi connectivity index (χ4v) is 4.15. The molecule has 1 aromatic heterocycles. The number of nitro benzene ring substituents is 1. The van der Waals surface area contributed by atoms with Gasteiger partial charge in [-0.3, -0.25) is 14.9 Å². The van der Waals surface area contributed by atoms with Gasteiger partial charge in [-0.1, -0.05) is 0 Å². The molecular weight excluding hydrogens is 388 g/mol. The molecule has 0 radical (unpaired) electrons. The molecule has 1 amide bonds. The number of nitrogens with zero attached hydrogens (tertiary/aromatic N) is 5. The Labute approximate surface area is 172 Å². The fraction of sp³-hybridized carbons (Fsp3) is 0.400. The summed E-state index contributed by atoms with van der Waals surface area (Å²) in [7, 11) is 1.45. The van der Waals surface area contributed by atoms with E-state index in [1.807, 2.05) is 11.0 Å². The quantitative estimate of drug-likeness (QED) is 0.589. The number of nitro groups is 1. The number of fused-ring (bicyclic) bond motifs is 1. The molecule has 2 atom stereocenters. The number of nitriles is 1. The molecule has 0 unspecified atom stereocenters. The summed E-state index contributed by atoms with van der Waals surface area (Å²) in [5, 5.41) is 23.4. The van der Waals surface area contributed by atoms with Crippen molar-refractivity contribution in [1.82, 2.24) is 14.9 Å². The molecular formula is C20H20N6O4. The molecule has 2 aromatic rings. The number of aromatic nitrogens is 2. The number of carbonyl (C=O) groups is 1. The highest BCUT2D eigenvalue weighted by Gasteiger charge is 2.36. The summed E-state index contributed by atoms with van der Waals surface area (Å²) < 4.78 is 5.13. The second kappa shape index (κ2) is 7.94. The number of non-ortho nitro benzene ring substituents is 1. The van der Waals surface area contributed by atoms with Crippen molar-refractivity contribution in [3.05, 3.63) is 51.2 Å². The lowest BCUT2D eigenvalue weighted by Gasteiger charge is -2.35. The molecule has 1 aliphatic heterocycles. The van der Waals surface area contributed by atoms with Crippen molar-refractivity contribution < 1.29 is 14.5 Å². The van der Waals surface area contributed by atoms with Crippen LogP contribution in [0.3, 0.4) is 0 Å². The van der Waals surface area contributed by atoms with Crippen LogP contribution in [-0.2, 0) is 6.54 Å². The van der Waals surface area contributed by atoms with Gasteiger partial charge in [-0.25, -0.2) is 4.98 Å². The van der Waals surface area contributed by atoms with Gasteiger partial charge in [-0.2, -0.15) is 10.2 Å². The molecule has 154 valence electrons. The van der Waals surface area contributed by atoms with Gasteiger partial charge in [0.1, 0.15) is 11.6 Å². The van der Waals surface area contributed by atoms with Gasteiger partial charge in [-0.05, 0) is 37.3 Å². The number of benzene rings is 1. The van der Waals surface area contributed by atoms with Crippen LogP contribution < -0.4 is 10.1 Å². The average Bonchev–Trinajstić information content (AvgIpc) is 3.09. The minimum absolute atomic E-state index is 0.0236. The third-order valence-electron chi connectivity index (χ3n) is 5.62. The summed E-state index contributed by atoms with van der Waals surface area (Å²) in [6.07, 6.45) is 4.84. The van der Waals surface area contributed by atoms with Crippen LogP contribution in [-0.4, -0.2) is 44.9 Å². The molecule has 1 N–H and O–H groups in total. The van der Waals surface area contributed by atoms with Crippen LogP contribution in [0.5, 0.6) is 5.88 Å². The fourth-order valence-electron chi connectivity index (χ4n) is 4.15. The Hall–Kier alpha value is -3.74. The number of nitrogens with one attached hydrogen (secondary N) is 1. The monoisotopic (exact) mass is 408 g/mol. The Kier molecular flexibility index (Phi) is 5.18. The zero-order valence-corrected chi connectivity index (χ0v) is 16.4. The standard InChI is InChI=1S/C20H20N6O4/c1-30-18-13(9-21)10-22-20(24-18)23-14-3-2-4-15(7-14)25-11-12-5-6-16(26(28)29)8-17(12)19(25)27/h5-6,8,10,14-15H,2-4,7,11H2,1H3,(H,22,23,24)/t14-,15+/m1/s1. The predicted octanol–water partition coefficient (Wildman–Crippen LogP) is 2.64. The molecule has 0 spiro atoms. The number of methoxy groups -OCH3 is 1. The molecule has 4 rings (SSSR count). The Morgan fingerprint density at radius 2 is 2.23 bits per heavy atom. The van der Waals surface area contributed by atoms with E-state index < -0.39 is 4.92 Å². The molecule has 0 saturated heterocycles. The van der Waals surface area contributed by atoms with E-state index in [-0.39, 0.29) is 35.1 Å². The van der Waals surface area contributed by atoms with E-state index in [4.69, 9.17) is 10.00 Å². The topological polar surface area (TPSA) is 134 Å². The van der Waals surface area contributed by atoms with E-state index in [0.29, 0.717) is 24.5 Å². The highest BCUT2D eigenvalue weighted by Crippen LogP contribution is 2.33. The van der Waals surface area contributed by atoms with Gasteiger partial charge in [0.25, 0.3) is 11.6 Å². The van der Waals surface area contributed by atoms with E-state index >= 15 is 0 Å². The van der Waals surface area contributed by atoms with Gasteiger partial charge in [0.05, 0.1) is 23.8 Å². The number of hydrogen-bond acceptors (Lipinski definition) is 8. The lowest BCUT2D eigenvalue weighted by atomic mass is 9.90. The van der Waals surface area contributed by atoms with Crippen LogP contribution in [0.2, 0.25) is 0 Å². The molecule has 1 aromatic carbocycles. The number of hydrogen-bond donors (Lipinski definition) is 1. The summed E-state index contributed by atoms with van der Waals surface area (Å²) in [5.41, 5.74) is 1.43. The lowest BCUT2D eigenvalue weighted by molar-refractivity contribution is -0.384. The third-order valence-corrected chi connectivity index (χ3v) is 5.62.